The second-order valence-electron chi connectivity index (χ2n) is 6.66. The molecular formula is C25H52N2O2. The van der Waals surface area contributed by atoms with Crippen LogP contribution in [0.15, 0.2) is 12.3 Å². The molecule has 0 radical (unpaired) electrons. The molecule has 0 aromatic heterocycles. The average molecular weight is 413 g/mol. The summed E-state index contributed by atoms with van der Waals surface area (Å²) in [4.78, 5) is 25.6. The quantitative estimate of drug-likeness (QED) is 0.539. The van der Waals surface area contributed by atoms with Crippen molar-refractivity contribution in [3.8, 4) is 0 Å². The molecule has 4 nitrogen and oxygen atoms in total. The van der Waals surface area contributed by atoms with Gasteiger partial charge in [-0.15, -0.1) is 0 Å². The van der Waals surface area contributed by atoms with Gasteiger partial charge in [0.15, 0.2) is 0 Å². The molecule has 1 aliphatic heterocycles. The van der Waals surface area contributed by atoms with Gasteiger partial charge >= 0.3 is 0 Å². The highest BCUT2D eigenvalue weighted by atomic mass is 16.2. The smallest absolute Gasteiger partial charge is 0.229 e. The predicted octanol–water partition coefficient (Wildman–Crippen LogP) is 6.81. The molecule has 2 fully saturated rings. The van der Waals surface area contributed by atoms with Crippen LogP contribution < -0.4 is 5.32 Å². The maximum Gasteiger partial charge on any atom is 0.229 e. The lowest BCUT2D eigenvalue weighted by atomic mass is 9.80. The fourth-order valence-corrected chi connectivity index (χ4v) is 3.60. The van der Waals surface area contributed by atoms with Crippen molar-refractivity contribution in [3.63, 3.8) is 0 Å². The van der Waals surface area contributed by atoms with Crippen LogP contribution in [0.5, 0.6) is 0 Å². The molecule has 2 amide bonds. The van der Waals surface area contributed by atoms with Crippen molar-refractivity contribution in [2.75, 3.05) is 13.1 Å². The molecule has 0 spiro atoms. The third-order valence-electron chi connectivity index (χ3n) is 4.87. The summed E-state index contributed by atoms with van der Waals surface area (Å²) in [6.45, 7) is 25.5. The van der Waals surface area contributed by atoms with Gasteiger partial charge in [-0.25, -0.2) is 0 Å². The minimum Gasteiger partial charge on any atom is -0.356 e. The fraction of sp³-hybridized carbons (Fsp3) is 0.840. The molecule has 4 heteroatoms. The van der Waals surface area contributed by atoms with E-state index in [0.29, 0.717) is 24.8 Å². The molecule has 0 aromatic carbocycles. The van der Waals surface area contributed by atoms with Gasteiger partial charge in [-0.1, -0.05) is 68.9 Å². The molecule has 29 heavy (non-hydrogen) atoms. The van der Waals surface area contributed by atoms with E-state index in [4.69, 9.17) is 0 Å². The van der Waals surface area contributed by atoms with Crippen LogP contribution in [0, 0.1) is 17.8 Å². The number of hydrogen-bond acceptors (Lipinski definition) is 2. The minimum absolute atomic E-state index is 0.103. The summed E-state index contributed by atoms with van der Waals surface area (Å²) < 4.78 is 0. The maximum absolute atomic E-state index is 12.1. The Labute approximate surface area is 182 Å². The summed E-state index contributed by atoms with van der Waals surface area (Å²) in [5, 5.41) is 2.88. The SMILES string of the molecule is C=C1CC(C)C(=O)N1CC1CCC(CC(=O)NCC)CC1.CC.CC.CC.CC. The van der Waals surface area contributed by atoms with Crippen molar-refractivity contribution in [2.24, 2.45) is 17.8 Å². The lowest BCUT2D eigenvalue weighted by Gasteiger charge is -2.31. The zero-order valence-electron chi connectivity index (χ0n) is 21.4. The van der Waals surface area contributed by atoms with Crippen LogP contribution in [0.1, 0.15) is 108 Å². The molecule has 1 unspecified atom stereocenters. The number of carbonyl (C=O) groups excluding carboxylic acids is 2. The first-order chi connectivity index (χ1) is 14.0. The van der Waals surface area contributed by atoms with Crippen LogP contribution in [-0.2, 0) is 9.59 Å². The van der Waals surface area contributed by atoms with Crippen molar-refractivity contribution < 1.29 is 9.59 Å². The molecule has 1 saturated carbocycles. The molecule has 1 N–H and O–H groups in total. The summed E-state index contributed by atoms with van der Waals surface area (Å²) in [6, 6.07) is 0. The lowest BCUT2D eigenvalue weighted by Crippen LogP contribution is -2.33. The zero-order valence-corrected chi connectivity index (χ0v) is 21.4. The molecule has 2 aliphatic rings. The highest BCUT2D eigenvalue weighted by Crippen LogP contribution is 2.34. The molecule has 2 rings (SSSR count). The third-order valence-corrected chi connectivity index (χ3v) is 4.87. The molecule has 1 heterocycles. The molecular weight excluding hydrogens is 360 g/mol. The van der Waals surface area contributed by atoms with E-state index >= 15 is 0 Å². The molecule has 1 atom stereocenters. The molecule has 0 bridgehead atoms. The number of amides is 2. The Bertz CT molecular complexity index is 413. The maximum atomic E-state index is 12.1. The number of allylic oxidation sites excluding steroid dienone is 1. The minimum atomic E-state index is 0.103. The predicted molar refractivity (Wildman–Crippen MR) is 129 cm³/mol. The molecule has 0 aromatic rings. The summed E-state index contributed by atoms with van der Waals surface area (Å²) >= 11 is 0. The molecule has 174 valence electrons. The normalized spacial score (nSPS) is 22.4. The van der Waals surface area contributed by atoms with E-state index < -0.39 is 0 Å². The second-order valence-corrected chi connectivity index (χ2v) is 6.66. The van der Waals surface area contributed by atoms with Gasteiger partial charge in [0, 0.05) is 31.1 Å². The first-order valence-corrected chi connectivity index (χ1v) is 12.3. The highest BCUT2D eigenvalue weighted by molar-refractivity contribution is 5.83. The fourth-order valence-electron chi connectivity index (χ4n) is 3.60. The standard InChI is InChI=1S/C17H28N2O2.4C2H6/c1-4-18-16(20)10-14-5-7-15(8-6-14)11-19-13(3)9-12(2)17(19)21;4*1-2/h12,14-15H,3-11H2,1-2H3,(H,18,20);4*1-2H3. The van der Waals surface area contributed by atoms with Gasteiger partial charge in [-0.3, -0.25) is 9.59 Å². The van der Waals surface area contributed by atoms with E-state index in [0.717, 1.165) is 44.3 Å². The Morgan fingerprint density at radius 3 is 1.79 bits per heavy atom. The van der Waals surface area contributed by atoms with E-state index in [1.165, 1.54) is 0 Å². The average Bonchev–Trinajstić information content (AvgIpc) is 3.01. The third kappa shape index (κ3) is 12.8. The van der Waals surface area contributed by atoms with E-state index in [1.54, 1.807) is 0 Å². The first-order valence-electron chi connectivity index (χ1n) is 12.3. The van der Waals surface area contributed by atoms with Crippen molar-refractivity contribution in [1.82, 2.24) is 10.2 Å². The summed E-state index contributed by atoms with van der Waals surface area (Å²) in [5.41, 5.74) is 0.983. The Hall–Kier alpha value is -1.32. The largest absolute Gasteiger partial charge is 0.356 e. The van der Waals surface area contributed by atoms with E-state index in [1.807, 2.05) is 74.1 Å². The van der Waals surface area contributed by atoms with Gasteiger partial charge in [0.2, 0.25) is 11.8 Å². The van der Waals surface area contributed by atoms with Gasteiger partial charge in [0.1, 0.15) is 0 Å². The highest BCUT2D eigenvalue weighted by Gasteiger charge is 2.33. The van der Waals surface area contributed by atoms with Crippen molar-refractivity contribution in [2.45, 2.75) is 108 Å². The topological polar surface area (TPSA) is 49.4 Å². The number of nitrogens with zero attached hydrogens (tertiary/aromatic N) is 1. The Morgan fingerprint density at radius 2 is 1.41 bits per heavy atom. The van der Waals surface area contributed by atoms with Crippen LogP contribution >= 0.6 is 0 Å². The summed E-state index contributed by atoms with van der Waals surface area (Å²) in [5.74, 6) is 1.61. The Kier molecular flexibility index (Phi) is 23.9. The summed E-state index contributed by atoms with van der Waals surface area (Å²) in [6.07, 6.45) is 5.92. The second kappa shape index (κ2) is 21.4. The van der Waals surface area contributed by atoms with Gasteiger partial charge < -0.3 is 10.2 Å². The Morgan fingerprint density at radius 1 is 0.966 bits per heavy atom. The number of nitrogens with one attached hydrogen (secondary N) is 1. The van der Waals surface area contributed by atoms with Crippen LogP contribution in [0.3, 0.4) is 0 Å². The monoisotopic (exact) mass is 412 g/mol. The Balaban J connectivity index is -0.000000754. The number of hydrogen-bond donors (Lipinski definition) is 1. The van der Waals surface area contributed by atoms with Crippen LogP contribution in [-0.4, -0.2) is 29.8 Å². The number of likely N-dealkylation sites (tertiary alicyclic amines) is 1. The van der Waals surface area contributed by atoms with Gasteiger partial charge in [-0.2, -0.15) is 0 Å². The van der Waals surface area contributed by atoms with Gasteiger partial charge in [-0.05, 0) is 50.9 Å². The van der Waals surface area contributed by atoms with Gasteiger partial charge in [0.05, 0.1) is 0 Å². The summed E-state index contributed by atoms with van der Waals surface area (Å²) in [7, 11) is 0. The van der Waals surface area contributed by atoms with Crippen LogP contribution in [0.2, 0.25) is 0 Å². The van der Waals surface area contributed by atoms with Crippen molar-refractivity contribution >= 4 is 11.8 Å². The molecule has 1 aliphatic carbocycles. The lowest BCUT2D eigenvalue weighted by molar-refractivity contribution is -0.130. The van der Waals surface area contributed by atoms with Crippen molar-refractivity contribution in [3.05, 3.63) is 12.3 Å². The molecule has 1 saturated heterocycles. The number of rotatable bonds is 5. The number of carbonyl (C=O) groups is 2. The van der Waals surface area contributed by atoms with E-state index in [9.17, 15) is 9.59 Å². The first kappa shape index (κ1) is 32.3. The van der Waals surface area contributed by atoms with Crippen molar-refractivity contribution in [1.29, 1.82) is 0 Å². The van der Waals surface area contributed by atoms with E-state index in [2.05, 4.69) is 11.9 Å². The van der Waals surface area contributed by atoms with E-state index in [-0.39, 0.29) is 17.7 Å². The van der Waals surface area contributed by atoms with Gasteiger partial charge in [0.25, 0.3) is 0 Å². The van der Waals surface area contributed by atoms with Crippen LogP contribution in [0.25, 0.3) is 0 Å². The zero-order chi connectivity index (χ0) is 23.4. The van der Waals surface area contributed by atoms with Crippen LogP contribution in [0.4, 0.5) is 0 Å².